The van der Waals surface area contributed by atoms with Crippen molar-refractivity contribution < 1.29 is 9.32 Å². The molecule has 0 saturated heterocycles. The molecule has 25 heavy (non-hydrogen) atoms. The summed E-state index contributed by atoms with van der Waals surface area (Å²) in [6.07, 6.45) is 3.44. The Morgan fingerprint density at radius 1 is 1.24 bits per heavy atom. The van der Waals surface area contributed by atoms with E-state index in [9.17, 15) is 4.79 Å². The summed E-state index contributed by atoms with van der Waals surface area (Å²) in [6.45, 7) is 9.39. The van der Waals surface area contributed by atoms with Gasteiger partial charge in [-0.25, -0.2) is 0 Å². The monoisotopic (exact) mass is 351 g/mol. The van der Waals surface area contributed by atoms with Gasteiger partial charge < -0.3 is 20.5 Å². The quantitative estimate of drug-likeness (QED) is 0.445. The Labute approximate surface area is 151 Å². The fraction of sp³-hybridized carbons (Fsp3) is 0.722. The lowest BCUT2D eigenvalue weighted by atomic mass is 9.99. The number of carbonyl (C=O) groups is 1. The number of amides is 1. The summed E-state index contributed by atoms with van der Waals surface area (Å²) in [5.74, 6) is 1.90. The molecule has 1 aromatic heterocycles. The molecular weight excluding hydrogens is 318 g/mol. The maximum atomic E-state index is 11.8. The first kappa shape index (κ1) is 21.0. The molecule has 7 nitrogen and oxygen atoms in total. The van der Waals surface area contributed by atoms with E-state index >= 15 is 0 Å². The van der Waals surface area contributed by atoms with Crippen molar-refractivity contribution in [3.63, 3.8) is 0 Å². The summed E-state index contributed by atoms with van der Waals surface area (Å²) >= 11 is 0. The minimum atomic E-state index is 0.0438. The Hall–Kier alpha value is -2.05. The summed E-state index contributed by atoms with van der Waals surface area (Å²) in [7, 11) is 1.70. The van der Waals surface area contributed by atoms with Crippen LogP contribution in [-0.2, 0) is 11.3 Å². The van der Waals surface area contributed by atoms with Crippen molar-refractivity contribution in [2.75, 3.05) is 13.6 Å². The first-order chi connectivity index (χ1) is 12.0. The molecule has 0 bridgehead atoms. The van der Waals surface area contributed by atoms with Gasteiger partial charge in [-0.2, -0.15) is 0 Å². The van der Waals surface area contributed by atoms with Crippen molar-refractivity contribution in [2.45, 2.75) is 71.9 Å². The molecule has 0 aromatic carbocycles. The predicted octanol–water partition coefficient (Wildman–Crippen LogP) is 2.55. The number of aliphatic imine (C=N–C) groups is 1. The largest absolute Gasteiger partial charge is 0.359 e. The van der Waals surface area contributed by atoms with Crippen LogP contribution in [0.25, 0.3) is 0 Å². The summed E-state index contributed by atoms with van der Waals surface area (Å²) in [6, 6.07) is 2.21. The second-order valence-corrected chi connectivity index (χ2v) is 6.21. The third-order valence-corrected chi connectivity index (χ3v) is 4.30. The van der Waals surface area contributed by atoms with Gasteiger partial charge in [0.05, 0.1) is 12.2 Å². The summed E-state index contributed by atoms with van der Waals surface area (Å²) in [5.41, 5.74) is 1.01. The number of aromatic nitrogens is 1. The second kappa shape index (κ2) is 11.5. The van der Waals surface area contributed by atoms with Gasteiger partial charge in [0.1, 0.15) is 0 Å². The van der Waals surface area contributed by atoms with Crippen molar-refractivity contribution >= 4 is 11.9 Å². The SMILES string of the molecule is CCC(C)NC(=O)CCNC(=NC)NCc1cc(C(CC)CC)no1. The predicted molar refractivity (Wildman–Crippen MR) is 101 cm³/mol. The highest BCUT2D eigenvalue weighted by Crippen LogP contribution is 2.22. The molecule has 1 atom stereocenters. The number of nitrogens with zero attached hydrogens (tertiary/aromatic N) is 2. The summed E-state index contributed by atoms with van der Waals surface area (Å²) in [5, 5.41) is 13.4. The number of hydrogen-bond acceptors (Lipinski definition) is 4. The zero-order valence-corrected chi connectivity index (χ0v) is 16.2. The molecule has 0 spiro atoms. The molecule has 1 aromatic rings. The molecular formula is C18H33N5O2. The minimum Gasteiger partial charge on any atom is -0.359 e. The van der Waals surface area contributed by atoms with E-state index in [2.05, 4.69) is 39.9 Å². The Morgan fingerprint density at radius 3 is 2.56 bits per heavy atom. The molecule has 0 aliphatic rings. The van der Waals surface area contributed by atoms with Crippen molar-refractivity contribution in [1.29, 1.82) is 0 Å². The Kier molecular flexibility index (Phi) is 9.65. The Bertz CT molecular complexity index is 537. The van der Waals surface area contributed by atoms with Crippen LogP contribution < -0.4 is 16.0 Å². The van der Waals surface area contributed by atoms with Gasteiger partial charge in [0.15, 0.2) is 11.7 Å². The van der Waals surface area contributed by atoms with Crippen LogP contribution in [0.1, 0.15) is 70.8 Å². The van der Waals surface area contributed by atoms with Gasteiger partial charge in [-0.1, -0.05) is 25.9 Å². The van der Waals surface area contributed by atoms with E-state index in [0.29, 0.717) is 31.4 Å². The molecule has 3 N–H and O–H groups in total. The van der Waals surface area contributed by atoms with Gasteiger partial charge in [-0.3, -0.25) is 9.79 Å². The molecule has 0 aliphatic carbocycles. The standard InChI is InChI=1S/C18H33N5O2/c1-6-13(4)22-17(24)9-10-20-18(19-5)21-12-15-11-16(23-25-15)14(7-2)8-3/h11,13-14H,6-10,12H2,1-5H3,(H,22,24)(H2,19,20,21). The van der Waals surface area contributed by atoms with Gasteiger partial charge in [0.2, 0.25) is 5.91 Å². The van der Waals surface area contributed by atoms with E-state index in [1.807, 2.05) is 19.9 Å². The average Bonchev–Trinajstić information content (AvgIpc) is 3.07. The fourth-order valence-electron chi connectivity index (χ4n) is 2.45. The van der Waals surface area contributed by atoms with Gasteiger partial charge in [0.25, 0.3) is 0 Å². The van der Waals surface area contributed by atoms with Gasteiger partial charge in [-0.05, 0) is 26.2 Å². The van der Waals surface area contributed by atoms with Crippen LogP contribution in [0.15, 0.2) is 15.6 Å². The van der Waals surface area contributed by atoms with Crippen molar-refractivity contribution in [1.82, 2.24) is 21.1 Å². The minimum absolute atomic E-state index is 0.0438. The molecule has 0 saturated carbocycles. The van der Waals surface area contributed by atoms with Crippen molar-refractivity contribution in [2.24, 2.45) is 4.99 Å². The van der Waals surface area contributed by atoms with Crippen LogP contribution in [0.3, 0.4) is 0 Å². The van der Waals surface area contributed by atoms with Crippen LogP contribution in [0.5, 0.6) is 0 Å². The molecule has 0 aliphatic heterocycles. The highest BCUT2D eigenvalue weighted by molar-refractivity contribution is 5.81. The highest BCUT2D eigenvalue weighted by Gasteiger charge is 2.13. The fourth-order valence-corrected chi connectivity index (χ4v) is 2.45. The Balaban J connectivity index is 2.36. The van der Waals surface area contributed by atoms with Gasteiger partial charge in [-0.15, -0.1) is 0 Å². The number of carbonyl (C=O) groups excluding carboxylic acids is 1. The van der Waals surface area contributed by atoms with E-state index in [1.165, 1.54) is 0 Å². The third-order valence-electron chi connectivity index (χ3n) is 4.30. The molecule has 7 heteroatoms. The van der Waals surface area contributed by atoms with Gasteiger partial charge >= 0.3 is 0 Å². The molecule has 1 heterocycles. The third kappa shape index (κ3) is 7.58. The number of nitrogens with one attached hydrogen (secondary N) is 3. The second-order valence-electron chi connectivity index (χ2n) is 6.21. The number of guanidine groups is 1. The van der Waals surface area contributed by atoms with Crippen LogP contribution in [-0.4, -0.2) is 36.7 Å². The smallest absolute Gasteiger partial charge is 0.221 e. The average molecular weight is 351 g/mol. The number of hydrogen-bond donors (Lipinski definition) is 3. The lowest BCUT2D eigenvalue weighted by molar-refractivity contribution is -0.121. The van der Waals surface area contributed by atoms with Crippen LogP contribution in [0, 0.1) is 0 Å². The maximum Gasteiger partial charge on any atom is 0.221 e. The first-order valence-electron chi connectivity index (χ1n) is 9.23. The van der Waals surface area contributed by atoms with E-state index in [0.717, 1.165) is 30.7 Å². The summed E-state index contributed by atoms with van der Waals surface area (Å²) < 4.78 is 5.38. The van der Waals surface area contributed by atoms with Crippen LogP contribution in [0.4, 0.5) is 0 Å². The molecule has 1 amide bonds. The lowest BCUT2D eigenvalue weighted by Gasteiger charge is -2.13. The molecule has 1 unspecified atom stereocenters. The molecule has 0 radical (unpaired) electrons. The van der Waals surface area contributed by atoms with Gasteiger partial charge in [0, 0.05) is 38.0 Å². The normalized spacial score (nSPS) is 13.0. The lowest BCUT2D eigenvalue weighted by Crippen LogP contribution is -2.40. The number of rotatable bonds is 10. The first-order valence-corrected chi connectivity index (χ1v) is 9.23. The van der Waals surface area contributed by atoms with Crippen molar-refractivity contribution in [3.05, 3.63) is 17.5 Å². The van der Waals surface area contributed by atoms with Crippen LogP contribution in [0.2, 0.25) is 0 Å². The zero-order chi connectivity index (χ0) is 18.7. The van der Waals surface area contributed by atoms with E-state index in [4.69, 9.17) is 4.52 Å². The molecule has 142 valence electrons. The maximum absolute atomic E-state index is 11.8. The van der Waals surface area contributed by atoms with Crippen LogP contribution >= 0.6 is 0 Å². The van der Waals surface area contributed by atoms with E-state index in [-0.39, 0.29) is 11.9 Å². The molecule has 0 fully saturated rings. The zero-order valence-electron chi connectivity index (χ0n) is 16.2. The van der Waals surface area contributed by atoms with Crippen molar-refractivity contribution in [3.8, 4) is 0 Å². The van der Waals surface area contributed by atoms with E-state index in [1.54, 1.807) is 7.05 Å². The Morgan fingerprint density at radius 2 is 1.96 bits per heavy atom. The van der Waals surface area contributed by atoms with E-state index < -0.39 is 0 Å². The highest BCUT2D eigenvalue weighted by atomic mass is 16.5. The topological polar surface area (TPSA) is 91.5 Å². The summed E-state index contributed by atoms with van der Waals surface area (Å²) in [4.78, 5) is 15.9. The molecule has 1 rings (SSSR count).